The van der Waals surface area contributed by atoms with Crippen molar-refractivity contribution >= 4 is 27.5 Å². The van der Waals surface area contributed by atoms with E-state index in [4.69, 9.17) is 4.42 Å². The number of thioether (sulfide) groups is 1. The Morgan fingerprint density at radius 2 is 2.12 bits per heavy atom. The number of rotatable bonds is 5. The Balaban J connectivity index is 1.58. The van der Waals surface area contributed by atoms with Gasteiger partial charge in [-0.25, -0.2) is 17.8 Å². The van der Waals surface area contributed by atoms with Gasteiger partial charge in [-0.3, -0.25) is 4.79 Å². The van der Waals surface area contributed by atoms with E-state index in [2.05, 4.69) is 10.3 Å². The van der Waals surface area contributed by atoms with Crippen LogP contribution in [0.4, 0.5) is 4.39 Å². The Hall–Kier alpha value is -1.87. The Labute approximate surface area is 149 Å². The molecule has 0 bridgehead atoms. The number of aromatic nitrogens is 1. The molecular formula is C16H17FN2O4S2. The van der Waals surface area contributed by atoms with E-state index < -0.39 is 15.1 Å². The standard InChI is InChI=1S/C16H17FN2O4S2/c1-10(15(20)19-13-6-7-25(21,22)9-13)24-16-18-8-14(23-16)11-2-4-12(17)5-3-11/h2-5,8,10,13H,6-7,9H2,1H3,(H,19,20)/t10-,13-/m0/s1. The molecule has 1 fully saturated rings. The zero-order chi connectivity index (χ0) is 18.0. The maximum Gasteiger partial charge on any atom is 0.256 e. The van der Waals surface area contributed by atoms with E-state index in [1.807, 2.05) is 0 Å². The zero-order valence-electron chi connectivity index (χ0n) is 13.4. The van der Waals surface area contributed by atoms with E-state index in [0.717, 1.165) is 11.8 Å². The molecule has 1 aromatic carbocycles. The highest BCUT2D eigenvalue weighted by Crippen LogP contribution is 2.28. The molecule has 134 valence electrons. The summed E-state index contributed by atoms with van der Waals surface area (Å²) in [5, 5.41) is 2.59. The van der Waals surface area contributed by atoms with Crippen molar-refractivity contribution < 1.29 is 22.0 Å². The summed E-state index contributed by atoms with van der Waals surface area (Å²) in [6, 6.07) is 5.49. The molecule has 0 radical (unpaired) electrons. The summed E-state index contributed by atoms with van der Waals surface area (Å²) in [6.07, 6.45) is 1.96. The molecule has 3 rings (SSSR count). The van der Waals surface area contributed by atoms with Crippen molar-refractivity contribution in [2.24, 2.45) is 0 Å². The number of hydrogen-bond donors (Lipinski definition) is 1. The van der Waals surface area contributed by atoms with Crippen LogP contribution in [0.25, 0.3) is 11.3 Å². The van der Waals surface area contributed by atoms with E-state index >= 15 is 0 Å². The summed E-state index contributed by atoms with van der Waals surface area (Å²) in [7, 11) is -3.04. The molecule has 0 saturated carbocycles. The summed E-state index contributed by atoms with van der Waals surface area (Å²) in [4.78, 5) is 16.3. The maximum atomic E-state index is 13.0. The lowest BCUT2D eigenvalue weighted by molar-refractivity contribution is -0.120. The molecule has 2 atom stereocenters. The van der Waals surface area contributed by atoms with Crippen LogP contribution in [0.3, 0.4) is 0 Å². The second-order valence-corrected chi connectivity index (χ2v) is 9.39. The normalized spacial score (nSPS) is 20.3. The van der Waals surface area contributed by atoms with E-state index in [9.17, 15) is 17.6 Å². The number of halogens is 1. The molecule has 1 N–H and O–H groups in total. The third-order valence-corrected chi connectivity index (χ3v) is 6.56. The number of carbonyl (C=O) groups excluding carboxylic acids is 1. The molecule has 0 aliphatic carbocycles. The van der Waals surface area contributed by atoms with Crippen LogP contribution in [-0.4, -0.2) is 42.1 Å². The lowest BCUT2D eigenvalue weighted by atomic mass is 10.2. The van der Waals surface area contributed by atoms with Crippen LogP contribution in [0.15, 0.2) is 40.1 Å². The Morgan fingerprint density at radius 1 is 1.40 bits per heavy atom. The summed E-state index contributed by atoms with van der Waals surface area (Å²) in [5.74, 6) is -0.00733. The van der Waals surface area contributed by atoms with Gasteiger partial charge in [0.2, 0.25) is 5.91 Å². The van der Waals surface area contributed by atoms with Gasteiger partial charge in [-0.15, -0.1) is 0 Å². The Kier molecular flexibility index (Phi) is 5.14. The topological polar surface area (TPSA) is 89.3 Å². The fourth-order valence-corrected chi connectivity index (χ4v) is 4.89. The van der Waals surface area contributed by atoms with Gasteiger partial charge in [0.1, 0.15) is 5.82 Å². The number of nitrogens with zero attached hydrogens (tertiary/aromatic N) is 1. The van der Waals surface area contributed by atoms with Crippen LogP contribution in [0, 0.1) is 5.82 Å². The van der Waals surface area contributed by atoms with Crippen molar-refractivity contribution in [1.29, 1.82) is 0 Å². The first-order chi connectivity index (χ1) is 11.8. The molecule has 1 aliphatic heterocycles. The van der Waals surface area contributed by atoms with E-state index in [0.29, 0.717) is 23.0 Å². The van der Waals surface area contributed by atoms with Crippen LogP contribution in [0.2, 0.25) is 0 Å². The Morgan fingerprint density at radius 3 is 2.76 bits per heavy atom. The highest BCUT2D eigenvalue weighted by atomic mass is 32.2. The predicted octanol–water partition coefficient (Wildman–Crippen LogP) is 2.26. The maximum absolute atomic E-state index is 13.0. The highest BCUT2D eigenvalue weighted by Gasteiger charge is 2.30. The second kappa shape index (κ2) is 7.17. The number of amides is 1. The molecule has 2 aromatic rings. The van der Waals surface area contributed by atoms with Crippen molar-refractivity contribution in [3.05, 3.63) is 36.3 Å². The van der Waals surface area contributed by atoms with Gasteiger partial charge in [0.05, 0.1) is 23.0 Å². The first-order valence-corrected chi connectivity index (χ1v) is 10.4. The quantitative estimate of drug-likeness (QED) is 0.796. The minimum atomic E-state index is -3.04. The molecule has 1 aromatic heterocycles. The summed E-state index contributed by atoms with van der Waals surface area (Å²) < 4.78 is 41.4. The largest absolute Gasteiger partial charge is 0.431 e. The first kappa shape index (κ1) is 17.9. The third kappa shape index (κ3) is 4.60. The molecule has 0 unspecified atom stereocenters. The van der Waals surface area contributed by atoms with E-state index in [1.54, 1.807) is 19.1 Å². The van der Waals surface area contributed by atoms with Crippen LogP contribution < -0.4 is 5.32 Å². The minimum absolute atomic E-state index is 0.0101. The van der Waals surface area contributed by atoms with Crippen molar-refractivity contribution in [2.45, 2.75) is 29.9 Å². The molecule has 1 aliphatic rings. The molecule has 9 heteroatoms. The van der Waals surface area contributed by atoms with E-state index in [1.165, 1.54) is 18.3 Å². The van der Waals surface area contributed by atoms with Gasteiger partial charge in [-0.2, -0.15) is 0 Å². The summed E-state index contributed by atoms with van der Waals surface area (Å²) in [6.45, 7) is 1.70. The third-order valence-electron chi connectivity index (χ3n) is 3.84. The van der Waals surface area contributed by atoms with Crippen molar-refractivity contribution in [1.82, 2.24) is 10.3 Å². The molecule has 25 heavy (non-hydrogen) atoms. The van der Waals surface area contributed by atoms with Crippen molar-refractivity contribution in [2.75, 3.05) is 11.5 Å². The lowest BCUT2D eigenvalue weighted by Gasteiger charge is -2.14. The van der Waals surface area contributed by atoms with Crippen LogP contribution in [0.1, 0.15) is 13.3 Å². The van der Waals surface area contributed by atoms with Gasteiger partial charge in [0, 0.05) is 11.6 Å². The molecule has 6 nitrogen and oxygen atoms in total. The molecule has 0 spiro atoms. The highest BCUT2D eigenvalue weighted by molar-refractivity contribution is 8.00. The minimum Gasteiger partial charge on any atom is -0.431 e. The van der Waals surface area contributed by atoms with Crippen LogP contribution >= 0.6 is 11.8 Å². The molecular weight excluding hydrogens is 367 g/mol. The van der Waals surface area contributed by atoms with Crippen LogP contribution in [0.5, 0.6) is 0 Å². The SMILES string of the molecule is C[C@H](Sc1ncc(-c2ccc(F)cc2)o1)C(=O)N[C@H]1CCS(=O)(=O)C1. The van der Waals surface area contributed by atoms with Crippen LogP contribution in [-0.2, 0) is 14.6 Å². The first-order valence-electron chi connectivity index (χ1n) is 7.71. The molecule has 2 heterocycles. The molecule has 1 saturated heterocycles. The summed E-state index contributed by atoms with van der Waals surface area (Å²) >= 11 is 1.14. The number of benzene rings is 1. The van der Waals surface area contributed by atoms with Gasteiger partial charge in [0.25, 0.3) is 5.22 Å². The number of nitrogens with one attached hydrogen (secondary N) is 1. The van der Waals surface area contributed by atoms with Gasteiger partial charge in [-0.05, 0) is 37.6 Å². The average Bonchev–Trinajstić information content (AvgIpc) is 3.14. The number of sulfone groups is 1. The molecule has 1 amide bonds. The Bertz CT molecular complexity index is 865. The van der Waals surface area contributed by atoms with Gasteiger partial charge in [0.15, 0.2) is 15.6 Å². The predicted molar refractivity (Wildman–Crippen MR) is 92.4 cm³/mol. The number of hydrogen-bond acceptors (Lipinski definition) is 6. The van der Waals surface area contributed by atoms with Crippen molar-refractivity contribution in [3.8, 4) is 11.3 Å². The summed E-state index contributed by atoms with van der Waals surface area (Å²) in [5.41, 5.74) is 0.689. The zero-order valence-corrected chi connectivity index (χ0v) is 15.1. The monoisotopic (exact) mass is 384 g/mol. The number of oxazole rings is 1. The lowest BCUT2D eigenvalue weighted by Crippen LogP contribution is -2.39. The fraction of sp³-hybridized carbons (Fsp3) is 0.375. The number of carbonyl (C=O) groups is 1. The second-order valence-electron chi connectivity index (χ2n) is 5.87. The smallest absolute Gasteiger partial charge is 0.256 e. The average molecular weight is 384 g/mol. The van der Waals surface area contributed by atoms with Gasteiger partial charge < -0.3 is 9.73 Å². The van der Waals surface area contributed by atoms with Gasteiger partial charge in [-0.1, -0.05) is 11.8 Å². The van der Waals surface area contributed by atoms with Crippen molar-refractivity contribution in [3.63, 3.8) is 0 Å². The van der Waals surface area contributed by atoms with E-state index in [-0.39, 0.29) is 29.3 Å². The van der Waals surface area contributed by atoms with Gasteiger partial charge >= 0.3 is 0 Å². The fourth-order valence-electron chi connectivity index (χ4n) is 2.49.